The summed E-state index contributed by atoms with van der Waals surface area (Å²) in [5.41, 5.74) is 5.13. The third-order valence-electron chi connectivity index (χ3n) is 3.16. The molecule has 16 heteroatoms. The minimum atomic E-state index is -3.36. The predicted octanol–water partition coefficient (Wildman–Crippen LogP) is 1.53. The summed E-state index contributed by atoms with van der Waals surface area (Å²) >= 11 is 0. The second kappa shape index (κ2) is 40.5. The Morgan fingerprint density at radius 3 is 1.50 bits per heavy atom. The highest BCUT2D eigenvalue weighted by Crippen LogP contribution is 2.05. The van der Waals surface area contributed by atoms with Crippen molar-refractivity contribution in [1.82, 2.24) is 5.32 Å². The normalized spacial score (nSPS) is 14.3. The molecule has 10 nitrogen and oxygen atoms in total. The van der Waals surface area contributed by atoms with E-state index in [1.54, 1.807) is 6.92 Å². The van der Waals surface area contributed by atoms with Gasteiger partial charge in [-0.15, -0.1) is 0 Å². The molecule has 1 rings (SSSR count). The molecule has 36 heavy (non-hydrogen) atoms. The van der Waals surface area contributed by atoms with Crippen molar-refractivity contribution < 1.29 is 37.9 Å². The summed E-state index contributed by atoms with van der Waals surface area (Å²) < 4.78 is 13.7. The monoisotopic (exact) mass is 598 g/mol. The number of epoxide rings is 1. The summed E-state index contributed by atoms with van der Waals surface area (Å²) in [6.45, 7) is 10.3. The van der Waals surface area contributed by atoms with Crippen molar-refractivity contribution in [2.75, 3.05) is 53.8 Å². The standard InChI is InChI=1S/C7H19NO4Si.C4H13NO3Si.C3H6O.2CH4BP.4CH4/c1-7(9)6-8-4-3-5-13(10,11)12-2;1-8-9(6,7)4-2-3-5;1-3-2-4-3;2*1-3-2;;;;/h7-11H,3-6H2,1-2H3;6-7H,2-5H2,1H3;3H,2H2,1H3;2*3H,1H3;4*1H4. The minimum Gasteiger partial charge on any atom is -0.392 e. The first kappa shape index (κ1) is 57.0. The second-order valence-corrected chi connectivity index (χ2v) is 12.6. The van der Waals surface area contributed by atoms with Crippen LogP contribution in [0.2, 0.25) is 12.1 Å². The van der Waals surface area contributed by atoms with Gasteiger partial charge in [-0.2, -0.15) is 16.9 Å². The quantitative estimate of drug-likeness (QED) is 0.0801. The van der Waals surface area contributed by atoms with E-state index in [4.69, 9.17) is 49.9 Å². The maximum atomic E-state index is 9.13. The van der Waals surface area contributed by atoms with Crippen molar-refractivity contribution in [1.29, 1.82) is 0 Å². The molecule has 0 spiro atoms. The summed E-state index contributed by atoms with van der Waals surface area (Å²) in [6, 6.07) is 0.580. The second-order valence-electron chi connectivity index (χ2n) is 6.66. The number of rotatable bonds is 11. The van der Waals surface area contributed by atoms with Crippen LogP contribution in [0, 0.1) is 0 Å². The smallest absolute Gasteiger partial charge is 0.392 e. The molecule has 0 saturated carbocycles. The number of aliphatic hydroxyl groups is 1. The zero-order valence-corrected chi connectivity index (χ0v) is 24.5. The molecule has 1 aliphatic rings. The highest BCUT2D eigenvalue weighted by atomic mass is 31.1. The lowest BCUT2D eigenvalue weighted by Gasteiger charge is -2.14. The number of nitrogens with two attached hydrogens (primary N) is 1. The Kier molecular flexibility index (Phi) is 64.2. The molecular weight excluding hydrogens is 536 g/mol. The molecule has 0 aliphatic carbocycles. The van der Waals surface area contributed by atoms with Gasteiger partial charge in [0.2, 0.25) is 0 Å². The van der Waals surface area contributed by atoms with E-state index < -0.39 is 17.6 Å². The van der Waals surface area contributed by atoms with Crippen LogP contribution in [0.5, 0.6) is 0 Å². The molecule has 0 aromatic carbocycles. The van der Waals surface area contributed by atoms with Crippen molar-refractivity contribution in [3.63, 3.8) is 0 Å². The van der Waals surface area contributed by atoms with Gasteiger partial charge in [-0.1, -0.05) is 43.0 Å². The molecule has 4 radical (unpaired) electrons. The molecule has 0 amide bonds. The van der Waals surface area contributed by atoms with E-state index in [-0.39, 0.29) is 41.9 Å². The Hall–Kier alpha value is 1.02. The van der Waals surface area contributed by atoms with Gasteiger partial charge < -0.3 is 48.9 Å². The number of nitrogens with one attached hydrogen (secondary N) is 1. The molecule has 0 aromatic heterocycles. The van der Waals surface area contributed by atoms with Crippen LogP contribution in [0.4, 0.5) is 0 Å². The zero-order chi connectivity index (χ0) is 26.1. The number of hydrogen-bond acceptors (Lipinski definition) is 10. The summed E-state index contributed by atoms with van der Waals surface area (Å²) in [7, 11) is 6.88. The summed E-state index contributed by atoms with van der Waals surface area (Å²) in [5, 5.41) is 11.9. The van der Waals surface area contributed by atoms with E-state index in [9.17, 15) is 0 Å². The molecule has 4 atom stereocenters. The van der Waals surface area contributed by atoms with Crippen molar-refractivity contribution >= 4 is 49.7 Å². The Labute approximate surface area is 232 Å². The fraction of sp³-hybridized carbons (Fsp3) is 1.00. The van der Waals surface area contributed by atoms with Crippen LogP contribution in [0.1, 0.15) is 56.4 Å². The molecule has 4 unspecified atom stereocenters. The highest BCUT2D eigenvalue weighted by Gasteiger charge is 2.29. The van der Waals surface area contributed by atoms with Crippen LogP contribution >= 0.6 is 16.9 Å². The van der Waals surface area contributed by atoms with Crippen molar-refractivity contribution in [3.8, 4) is 0 Å². The van der Waals surface area contributed by atoms with Crippen molar-refractivity contribution in [2.45, 2.75) is 80.7 Å². The molecule has 224 valence electrons. The predicted molar refractivity (Wildman–Crippen MR) is 169 cm³/mol. The zero-order valence-electron chi connectivity index (χ0n) is 20.5. The van der Waals surface area contributed by atoms with Crippen molar-refractivity contribution in [2.24, 2.45) is 5.73 Å². The molecular formula is C20H62B2N2O8P2Si2. The Bertz CT molecular complexity index is 372. The first-order valence-corrected chi connectivity index (χ1v) is 17.4. The molecule has 8 N–H and O–H groups in total. The molecule has 1 aliphatic heterocycles. The SMILES string of the molecule is C.C.C.C.CC1CO1.CO[Si](O)(O)CCCN.CO[Si](O)(O)CCCNCC(C)O.[B]PC.[B]PC. The van der Waals surface area contributed by atoms with E-state index in [1.165, 1.54) is 14.2 Å². The minimum absolute atomic E-state index is 0. The van der Waals surface area contributed by atoms with Gasteiger partial charge in [0.1, 0.15) is 15.1 Å². The summed E-state index contributed by atoms with van der Waals surface area (Å²) in [6.07, 6.45) is 1.46. The lowest BCUT2D eigenvalue weighted by Crippen LogP contribution is -2.38. The van der Waals surface area contributed by atoms with Gasteiger partial charge >= 0.3 is 17.6 Å². The van der Waals surface area contributed by atoms with Crippen LogP contribution in [-0.4, -0.2) is 123 Å². The van der Waals surface area contributed by atoms with Crippen LogP contribution in [0.15, 0.2) is 0 Å². The summed E-state index contributed by atoms with van der Waals surface area (Å²) in [5.74, 6) is 0. The van der Waals surface area contributed by atoms with Gasteiger partial charge in [-0.25, -0.2) is 0 Å². The fourth-order valence-corrected chi connectivity index (χ4v) is 3.10. The van der Waals surface area contributed by atoms with E-state index in [0.29, 0.717) is 61.5 Å². The topological polar surface area (TPSA) is 170 Å². The maximum Gasteiger partial charge on any atom is 0.495 e. The first-order valence-electron chi connectivity index (χ1n) is 10.3. The van der Waals surface area contributed by atoms with E-state index in [0.717, 1.165) is 6.61 Å². The highest BCUT2D eigenvalue weighted by molar-refractivity contribution is 7.65. The van der Waals surface area contributed by atoms with Gasteiger partial charge in [0.25, 0.3) is 0 Å². The Balaban J connectivity index is -0.0000000497. The van der Waals surface area contributed by atoms with Crippen LogP contribution in [0.25, 0.3) is 0 Å². The van der Waals surface area contributed by atoms with Gasteiger partial charge in [-0.3, -0.25) is 0 Å². The molecule has 1 fully saturated rings. The Morgan fingerprint density at radius 2 is 1.28 bits per heavy atom. The average molecular weight is 598 g/mol. The van der Waals surface area contributed by atoms with Crippen LogP contribution in [-0.2, 0) is 13.6 Å². The summed E-state index contributed by atoms with van der Waals surface area (Å²) in [4.78, 5) is 36.0. The molecule has 1 saturated heterocycles. The molecule has 1 heterocycles. The van der Waals surface area contributed by atoms with Gasteiger partial charge in [-0.05, 0) is 39.8 Å². The fourth-order valence-electron chi connectivity index (χ4n) is 1.39. The average Bonchev–Trinajstić information content (AvgIpc) is 3.50. The van der Waals surface area contributed by atoms with Crippen LogP contribution < -0.4 is 11.1 Å². The number of aliphatic hydroxyl groups excluding tert-OH is 1. The third-order valence-corrected chi connectivity index (χ3v) is 6.47. The van der Waals surface area contributed by atoms with E-state index >= 15 is 0 Å². The Morgan fingerprint density at radius 1 is 0.972 bits per heavy atom. The van der Waals surface area contributed by atoms with Crippen LogP contribution in [0.3, 0.4) is 0 Å². The lowest BCUT2D eigenvalue weighted by atomic mass is 10.4. The van der Waals surface area contributed by atoms with Crippen molar-refractivity contribution in [3.05, 3.63) is 0 Å². The molecule has 0 bridgehead atoms. The van der Waals surface area contributed by atoms with Gasteiger partial charge in [0, 0.05) is 32.9 Å². The lowest BCUT2D eigenvalue weighted by molar-refractivity contribution is 0.181. The molecule has 0 aromatic rings. The number of hydrogen-bond donors (Lipinski definition) is 7. The number of ether oxygens (including phenoxy) is 1. The van der Waals surface area contributed by atoms with Gasteiger partial charge in [0.05, 0.1) is 18.8 Å². The third kappa shape index (κ3) is 70.2. The first-order chi connectivity index (χ1) is 14.8. The van der Waals surface area contributed by atoms with Gasteiger partial charge in [0.15, 0.2) is 0 Å². The largest absolute Gasteiger partial charge is 0.495 e. The van der Waals surface area contributed by atoms with E-state index in [1.807, 2.05) is 13.3 Å². The maximum absolute atomic E-state index is 9.13. The van der Waals surface area contributed by atoms with E-state index in [2.05, 4.69) is 21.1 Å².